The average molecular weight is 505 g/mol. The number of likely N-dealkylation sites (N-methyl/N-ethyl adjacent to an activating group) is 1. The van der Waals surface area contributed by atoms with Gasteiger partial charge in [0.15, 0.2) is 0 Å². The van der Waals surface area contributed by atoms with Gasteiger partial charge in [0.1, 0.15) is 5.75 Å². The number of rotatable bonds is 9. The first-order chi connectivity index (χ1) is 17.2. The summed E-state index contributed by atoms with van der Waals surface area (Å²) in [5, 5.41) is 19.0. The molecule has 0 amide bonds. The van der Waals surface area contributed by atoms with Gasteiger partial charge in [0, 0.05) is 75.3 Å². The minimum absolute atomic E-state index is 0.0304. The number of aromatic nitrogens is 2. The van der Waals surface area contributed by atoms with Gasteiger partial charge in [-0.1, -0.05) is 0 Å². The van der Waals surface area contributed by atoms with Crippen LogP contribution in [0.2, 0.25) is 0 Å². The molecule has 1 aliphatic rings. The highest BCUT2D eigenvalue weighted by Gasteiger charge is 2.31. The first-order valence-corrected chi connectivity index (χ1v) is 11.5. The van der Waals surface area contributed by atoms with Crippen molar-refractivity contribution < 1.29 is 22.8 Å². The van der Waals surface area contributed by atoms with Crippen molar-refractivity contribution in [2.45, 2.75) is 12.9 Å². The summed E-state index contributed by atoms with van der Waals surface area (Å²) in [4.78, 5) is 15.2. The molecule has 0 aliphatic carbocycles. The second-order valence-electron chi connectivity index (χ2n) is 8.61. The zero-order valence-electron chi connectivity index (χ0n) is 19.7. The van der Waals surface area contributed by atoms with Crippen molar-refractivity contribution in [1.29, 1.82) is 0 Å². The zero-order valence-corrected chi connectivity index (χ0v) is 19.7. The van der Waals surface area contributed by atoms with E-state index in [0.717, 1.165) is 44.8 Å². The Morgan fingerprint density at radius 2 is 1.72 bits per heavy atom. The summed E-state index contributed by atoms with van der Waals surface area (Å²) in [6, 6.07) is 11.5. The molecule has 4 rings (SSSR count). The van der Waals surface area contributed by atoms with E-state index in [0.29, 0.717) is 23.5 Å². The average Bonchev–Trinajstić information content (AvgIpc) is 3.26. The number of alkyl halides is 3. The lowest BCUT2D eigenvalue weighted by atomic mass is 10.1. The second-order valence-corrected chi connectivity index (χ2v) is 8.61. The first kappa shape index (κ1) is 25.6. The van der Waals surface area contributed by atoms with Gasteiger partial charge in [-0.15, -0.1) is 13.2 Å². The highest BCUT2D eigenvalue weighted by molar-refractivity contribution is 5.64. The van der Waals surface area contributed by atoms with E-state index < -0.39 is 11.3 Å². The van der Waals surface area contributed by atoms with Crippen LogP contribution in [0, 0.1) is 10.1 Å². The number of ether oxygens (including phenoxy) is 1. The lowest BCUT2D eigenvalue weighted by molar-refractivity contribution is -0.384. The van der Waals surface area contributed by atoms with Crippen LogP contribution in [-0.4, -0.2) is 77.2 Å². The SMILES string of the molecule is CN1CCN(CCNCc2cn(-c3ccc([N+](=O)[O-])cc3)nc2-c2ccc(OC(F)(F)F)cc2)CC1. The number of benzene rings is 2. The van der Waals surface area contributed by atoms with Gasteiger partial charge in [0.25, 0.3) is 5.69 Å². The number of nitrogens with zero attached hydrogens (tertiary/aromatic N) is 5. The molecule has 36 heavy (non-hydrogen) atoms. The maximum absolute atomic E-state index is 12.5. The molecule has 2 aromatic carbocycles. The van der Waals surface area contributed by atoms with Gasteiger partial charge < -0.3 is 15.0 Å². The molecule has 0 atom stereocenters. The molecule has 12 heteroatoms. The van der Waals surface area contributed by atoms with E-state index in [1.54, 1.807) is 16.8 Å². The Morgan fingerprint density at radius 1 is 1.06 bits per heavy atom. The fraction of sp³-hybridized carbons (Fsp3) is 0.375. The number of piperazine rings is 1. The molecule has 1 fully saturated rings. The molecule has 0 bridgehead atoms. The molecule has 9 nitrogen and oxygen atoms in total. The van der Waals surface area contributed by atoms with Crippen molar-refractivity contribution >= 4 is 5.69 Å². The maximum atomic E-state index is 12.5. The molecule has 1 saturated heterocycles. The summed E-state index contributed by atoms with van der Waals surface area (Å²) in [7, 11) is 2.11. The fourth-order valence-electron chi connectivity index (χ4n) is 3.99. The zero-order chi connectivity index (χ0) is 25.7. The topological polar surface area (TPSA) is 88.7 Å². The van der Waals surface area contributed by atoms with E-state index >= 15 is 0 Å². The van der Waals surface area contributed by atoms with Crippen LogP contribution in [0.5, 0.6) is 5.75 Å². The van der Waals surface area contributed by atoms with E-state index in [1.807, 2.05) is 6.20 Å². The van der Waals surface area contributed by atoms with Crippen LogP contribution < -0.4 is 10.1 Å². The van der Waals surface area contributed by atoms with Crippen LogP contribution >= 0.6 is 0 Å². The number of non-ortho nitro benzene ring substituents is 1. The molecular formula is C24H27F3N6O3. The van der Waals surface area contributed by atoms with Crippen LogP contribution in [0.25, 0.3) is 16.9 Å². The summed E-state index contributed by atoms with van der Waals surface area (Å²) >= 11 is 0. The molecule has 3 aromatic rings. The van der Waals surface area contributed by atoms with Crippen LogP contribution in [0.1, 0.15) is 5.56 Å². The van der Waals surface area contributed by atoms with E-state index in [9.17, 15) is 23.3 Å². The largest absolute Gasteiger partial charge is 0.573 e. The highest BCUT2D eigenvalue weighted by Crippen LogP contribution is 2.28. The van der Waals surface area contributed by atoms with E-state index in [2.05, 4.69) is 32.0 Å². The summed E-state index contributed by atoms with van der Waals surface area (Å²) < 4.78 is 43.2. The Balaban J connectivity index is 1.51. The monoisotopic (exact) mass is 504 g/mol. The van der Waals surface area contributed by atoms with Crippen molar-refractivity contribution in [1.82, 2.24) is 24.9 Å². The molecule has 0 saturated carbocycles. The lowest BCUT2D eigenvalue weighted by Gasteiger charge is -2.32. The highest BCUT2D eigenvalue weighted by atomic mass is 19.4. The summed E-state index contributed by atoms with van der Waals surface area (Å²) in [5.41, 5.74) is 2.66. The third kappa shape index (κ3) is 6.80. The number of nitro groups is 1. The molecule has 0 spiro atoms. The van der Waals surface area contributed by atoms with Gasteiger partial charge in [-0.2, -0.15) is 5.10 Å². The minimum Gasteiger partial charge on any atom is -0.406 e. The van der Waals surface area contributed by atoms with E-state index in [4.69, 9.17) is 0 Å². The fourth-order valence-corrected chi connectivity index (χ4v) is 3.99. The third-order valence-corrected chi connectivity index (χ3v) is 5.99. The number of hydrogen-bond donors (Lipinski definition) is 1. The molecule has 1 aliphatic heterocycles. The molecule has 0 radical (unpaired) electrons. The smallest absolute Gasteiger partial charge is 0.406 e. The van der Waals surface area contributed by atoms with Crippen LogP contribution in [0.15, 0.2) is 54.7 Å². The van der Waals surface area contributed by atoms with Gasteiger partial charge in [0.05, 0.1) is 16.3 Å². The van der Waals surface area contributed by atoms with Crippen molar-refractivity contribution in [3.63, 3.8) is 0 Å². The Kier molecular flexibility index (Phi) is 7.87. The summed E-state index contributed by atoms with van der Waals surface area (Å²) in [6.07, 6.45) is -2.95. The van der Waals surface area contributed by atoms with Crippen LogP contribution in [0.4, 0.5) is 18.9 Å². The van der Waals surface area contributed by atoms with Crippen molar-refractivity contribution in [2.24, 2.45) is 0 Å². The van der Waals surface area contributed by atoms with Gasteiger partial charge in [-0.25, -0.2) is 4.68 Å². The van der Waals surface area contributed by atoms with Crippen LogP contribution in [-0.2, 0) is 6.54 Å². The standard InChI is InChI=1S/C24H27F3N6O3/c1-30-12-14-31(15-13-30)11-10-28-16-19-17-32(20-4-6-21(7-5-20)33(34)35)29-23(19)18-2-8-22(9-3-18)36-24(25,26)27/h2-9,17,28H,10-16H2,1H3. The van der Waals surface area contributed by atoms with Crippen molar-refractivity contribution in [3.8, 4) is 22.7 Å². The number of hydrogen-bond acceptors (Lipinski definition) is 7. The molecule has 0 unspecified atom stereocenters. The molecule has 1 N–H and O–H groups in total. The van der Waals surface area contributed by atoms with Gasteiger partial charge in [-0.3, -0.25) is 15.0 Å². The Morgan fingerprint density at radius 3 is 2.33 bits per heavy atom. The summed E-state index contributed by atoms with van der Waals surface area (Å²) in [6.45, 7) is 6.30. The van der Waals surface area contributed by atoms with Gasteiger partial charge in [0.2, 0.25) is 0 Å². The van der Waals surface area contributed by atoms with Crippen LogP contribution in [0.3, 0.4) is 0 Å². The molecule has 2 heterocycles. The quantitative estimate of drug-likeness (QED) is 0.270. The maximum Gasteiger partial charge on any atom is 0.573 e. The van der Waals surface area contributed by atoms with Gasteiger partial charge >= 0.3 is 6.36 Å². The predicted octanol–water partition coefficient (Wildman–Crippen LogP) is 3.68. The predicted molar refractivity (Wildman–Crippen MR) is 128 cm³/mol. The minimum atomic E-state index is -4.77. The molecule has 192 valence electrons. The Labute approximate surface area is 206 Å². The Bertz CT molecular complexity index is 1160. The number of nitro benzene ring substituents is 1. The van der Waals surface area contributed by atoms with Gasteiger partial charge in [-0.05, 0) is 43.4 Å². The lowest BCUT2D eigenvalue weighted by Crippen LogP contribution is -2.46. The first-order valence-electron chi connectivity index (χ1n) is 11.5. The summed E-state index contributed by atoms with van der Waals surface area (Å²) in [5.74, 6) is -0.312. The number of nitrogens with one attached hydrogen (secondary N) is 1. The van der Waals surface area contributed by atoms with E-state index in [1.165, 1.54) is 36.4 Å². The Hall–Kier alpha value is -3.48. The normalized spacial score (nSPS) is 15.2. The van der Waals surface area contributed by atoms with E-state index in [-0.39, 0.29) is 11.4 Å². The molecular weight excluding hydrogens is 477 g/mol. The van der Waals surface area contributed by atoms with Crippen molar-refractivity contribution in [3.05, 3.63) is 70.4 Å². The molecule has 1 aromatic heterocycles. The van der Waals surface area contributed by atoms with Crippen molar-refractivity contribution in [2.75, 3.05) is 46.3 Å². The second kappa shape index (κ2) is 11.1. The third-order valence-electron chi connectivity index (χ3n) is 5.99. The number of halogens is 3.